The molecule has 0 aliphatic carbocycles. The summed E-state index contributed by atoms with van der Waals surface area (Å²) in [5.74, 6) is 1.65. The maximum Gasteiger partial charge on any atom is 0.274 e. The second-order valence-corrected chi connectivity index (χ2v) is 7.60. The third-order valence-electron chi connectivity index (χ3n) is 4.12. The van der Waals surface area contributed by atoms with Gasteiger partial charge in [0.05, 0.1) is 14.2 Å². The minimum atomic E-state index is -3.45. The normalized spacial score (nSPS) is 11.6. The van der Waals surface area contributed by atoms with E-state index in [4.69, 9.17) is 4.74 Å². The first-order chi connectivity index (χ1) is 11.9. The summed E-state index contributed by atoms with van der Waals surface area (Å²) in [6.45, 7) is 5.21. The van der Waals surface area contributed by atoms with Gasteiger partial charge in [0.2, 0.25) is 10.0 Å². The molecule has 0 bridgehead atoms. The highest BCUT2D eigenvalue weighted by Gasteiger charge is 2.23. The Bertz CT molecular complexity index is 787. The maximum atomic E-state index is 12.5. The smallest absolute Gasteiger partial charge is 0.274 e. The zero-order valence-electron chi connectivity index (χ0n) is 15.2. The van der Waals surface area contributed by atoms with Gasteiger partial charge < -0.3 is 4.74 Å². The van der Waals surface area contributed by atoms with Crippen LogP contribution in [0.25, 0.3) is 0 Å². The minimum absolute atomic E-state index is 0.269. The van der Waals surface area contributed by atoms with E-state index in [0.29, 0.717) is 19.6 Å². The second-order valence-electron chi connectivity index (χ2n) is 5.67. The van der Waals surface area contributed by atoms with Crippen molar-refractivity contribution >= 4 is 15.8 Å². The van der Waals surface area contributed by atoms with Gasteiger partial charge in [-0.15, -0.1) is 0 Å². The molecule has 0 saturated carbocycles. The number of aromatic nitrogens is 1. The average Bonchev–Trinajstić information content (AvgIpc) is 2.63. The number of rotatable bonds is 8. The van der Waals surface area contributed by atoms with Crippen molar-refractivity contribution in [2.75, 3.05) is 32.1 Å². The number of hydrogen-bond acceptors (Lipinski definition) is 4. The van der Waals surface area contributed by atoms with E-state index in [1.54, 1.807) is 25.4 Å². The van der Waals surface area contributed by atoms with E-state index in [2.05, 4.69) is 4.98 Å². The van der Waals surface area contributed by atoms with Gasteiger partial charge in [-0.05, 0) is 12.1 Å². The van der Waals surface area contributed by atoms with E-state index < -0.39 is 10.0 Å². The number of anilines is 1. The fraction of sp³-hybridized carbons (Fsp3) is 0.389. The molecule has 0 amide bonds. The Labute approximate surface area is 150 Å². The van der Waals surface area contributed by atoms with Crippen LogP contribution in [0.2, 0.25) is 0 Å². The molecule has 25 heavy (non-hydrogen) atoms. The molecule has 1 N–H and O–H groups in total. The number of hydrogen-bond donors (Lipinski definition) is 0. The van der Waals surface area contributed by atoms with Crippen molar-refractivity contribution < 1.29 is 18.1 Å². The molecule has 2 aromatic rings. The minimum Gasteiger partial charge on any atom is -0.496 e. The van der Waals surface area contributed by atoms with E-state index in [1.807, 2.05) is 50.1 Å². The number of ether oxygens (including phenoxy) is 1. The summed E-state index contributed by atoms with van der Waals surface area (Å²) in [4.78, 5) is 5.36. The average molecular weight is 364 g/mol. The van der Waals surface area contributed by atoms with E-state index in [0.717, 1.165) is 17.1 Å². The van der Waals surface area contributed by atoms with E-state index in [9.17, 15) is 8.42 Å². The lowest BCUT2D eigenvalue weighted by atomic mass is 10.2. The van der Waals surface area contributed by atoms with Crippen LogP contribution < -0.4 is 14.6 Å². The Morgan fingerprint density at radius 2 is 1.76 bits per heavy atom. The number of para-hydroxylation sites is 1. The van der Waals surface area contributed by atoms with Crippen molar-refractivity contribution in [1.29, 1.82) is 0 Å². The standard InChI is InChI=1S/C18H25N3O3S/c1-5-21(6-2)25(22,23)16-11-12-18(19-13-16)20(3)14-15-9-7-8-10-17(15)24-4/h7-13H,5-6,14H2,1-4H3/p+1. The largest absolute Gasteiger partial charge is 0.496 e. The summed E-state index contributed by atoms with van der Waals surface area (Å²) >= 11 is 0. The molecule has 0 spiro atoms. The van der Waals surface area contributed by atoms with Crippen molar-refractivity contribution in [2.24, 2.45) is 0 Å². The predicted octanol–water partition coefficient (Wildman–Crippen LogP) is 2.18. The summed E-state index contributed by atoms with van der Waals surface area (Å²) < 4.78 is 31.9. The Hall–Kier alpha value is -2.12. The Balaban J connectivity index is 2.19. The fourth-order valence-corrected chi connectivity index (χ4v) is 4.11. The van der Waals surface area contributed by atoms with Gasteiger partial charge in [0.25, 0.3) is 5.82 Å². The molecular weight excluding hydrogens is 338 g/mol. The van der Waals surface area contributed by atoms with Crippen LogP contribution in [0.15, 0.2) is 47.5 Å². The van der Waals surface area contributed by atoms with Crippen LogP contribution >= 0.6 is 0 Å². The number of pyridine rings is 1. The molecule has 0 aliphatic rings. The molecule has 1 heterocycles. The molecule has 1 aromatic heterocycles. The quantitative estimate of drug-likeness (QED) is 0.720. The van der Waals surface area contributed by atoms with Crippen molar-refractivity contribution in [1.82, 2.24) is 4.31 Å². The first-order valence-electron chi connectivity index (χ1n) is 8.29. The molecule has 0 unspecified atom stereocenters. The second kappa shape index (κ2) is 8.31. The Morgan fingerprint density at radius 3 is 2.32 bits per heavy atom. The molecule has 7 heteroatoms. The maximum absolute atomic E-state index is 12.5. The number of nitrogens with one attached hydrogen (secondary N) is 1. The lowest BCUT2D eigenvalue weighted by Crippen LogP contribution is -2.32. The summed E-state index contributed by atoms with van der Waals surface area (Å²) in [6, 6.07) is 11.3. The van der Waals surface area contributed by atoms with Gasteiger partial charge in [0.1, 0.15) is 23.4 Å². The number of nitrogens with zero attached hydrogens (tertiary/aromatic N) is 2. The SMILES string of the molecule is CCN(CC)S(=O)(=O)c1ccc(N(C)Cc2ccccc2OC)[nH+]c1. The van der Waals surface area contributed by atoms with Crippen LogP contribution in [0.3, 0.4) is 0 Å². The monoisotopic (exact) mass is 364 g/mol. The number of methoxy groups -OCH3 is 1. The van der Waals surface area contributed by atoms with Crippen LogP contribution in [0.5, 0.6) is 5.75 Å². The fourth-order valence-electron chi connectivity index (χ4n) is 2.69. The van der Waals surface area contributed by atoms with Gasteiger partial charge in [-0.2, -0.15) is 4.31 Å². The van der Waals surface area contributed by atoms with Crippen molar-refractivity contribution in [3.05, 3.63) is 48.2 Å². The highest BCUT2D eigenvalue weighted by atomic mass is 32.2. The third-order valence-corrected chi connectivity index (χ3v) is 6.17. The summed E-state index contributed by atoms with van der Waals surface area (Å²) in [5.41, 5.74) is 1.06. The lowest BCUT2D eigenvalue weighted by Gasteiger charge is -2.18. The van der Waals surface area contributed by atoms with Gasteiger partial charge in [-0.3, -0.25) is 4.90 Å². The Kier molecular flexibility index (Phi) is 6.39. The van der Waals surface area contributed by atoms with Gasteiger partial charge in [-0.1, -0.05) is 32.0 Å². The predicted molar refractivity (Wildman–Crippen MR) is 98.2 cm³/mol. The summed E-state index contributed by atoms with van der Waals surface area (Å²) in [7, 11) is 0.142. The summed E-state index contributed by atoms with van der Waals surface area (Å²) in [6.07, 6.45) is 1.54. The zero-order valence-corrected chi connectivity index (χ0v) is 16.0. The van der Waals surface area contributed by atoms with Crippen LogP contribution in [0.4, 0.5) is 5.82 Å². The van der Waals surface area contributed by atoms with Crippen LogP contribution in [0.1, 0.15) is 19.4 Å². The molecule has 0 radical (unpaired) electrons. The van der Waals surface area contributed by atoms with E-state index >= 15 is 0 Å². The third kappa shape index (κ3) is 4.29. The van der Waals surface area contributed by atoms with Crippen LogP contribution in [-0.4, -0.2) is 40.0 Å². The van der Waals surface area contributed by atoms with E-state index in [-0.39, 0.29) is 4.90 Å². The number of aromatic amines is 1. The highest BCUT2D eigenvalue weighted by molar-refractivity contribution is 7.89. The van der Waals surface area contributed by atoms with Gasteiger partial charge >= 0.3 is 0 Å². The first kappa shape index (κ1) is 19.2. The molecule has 0 saturated heterocycles. The number of H-pyrrole nitrogens is 1. The van der Waals surface area contributed by atoms with Crippen molar-refractivity contribution in [2.45, 2.75) is 25.3 Å². The highest BCUT2D eigenvalue weighted by Crippen LogP contribution is 2.21. The Morgan fingerprint density at radius 1 is 1.08 bits per heavy atom. The topological polar surface area (TPSA) is 64.0 Å². The number of benzene rings is 1. The van der Waals surface area contributed by atoms with Gasteiger partial charge in [-0.25, -0.2) is 13.4 Å². The summed E-state index contributed by atoms with van der Waals surface area (Å²) in [5, 5.41) is 0. The molecule has 6 nitrogen and oxygen atoms in total. The van der Waals surface area contributed by atoms with Crippen molar-refractivity contribution in [3.8, 4) is 5.75 Å². The van der Waals surface area contributed by atoms with Crippen LogP contribution in [-0.2, 0) is 16.6 Å². The lowest BCUT2D eigenvalue weighted by molar-refractivity contribution is -0.367. The molecule has 136 valence electrons. The van der Waals surface area contributed by atoms with Gasteiger partial charge in [0, 0.05) is 24.7 Å². The molecule has 2 rings (SSSR count). The molecule has 0 fully saturated rings. The zero-order chi connectivity index (χ0) is 18.4. The molecule has 1 aromatic carbocycles. The number of sulfonamides is 1. The van der Waals surface area contributed by atoms with Crippen LogP contribution in [0, 0.1) is 0 Å². The molecule has 0 aliphatic heterocycles. The van der Waals surface area contributed by atoms with Gasteiger partial charge in [0.15, 0.2) is 0 Å². The first-order valence-corrected chi connectivity index (χ1v) is 9.73. The van der Waals surface area contributed by atoms with Crippen molar-refractivity contribution in [3.63, 3.8) is 0 Å². The molecule has 0 atom stereocenters. The van der Waals surface area contributed by atoms with E-state index in [1.165, 1.54) is 4.31 Å². The molecular formula is C18H26N3O3S+.